The van der Waals surface area contributed by atoms with Crippen LogP contribution >= 0.6 is 11.3 Å². The number of nitro benzene ring substituents is 1. The maximum absolute atomic E-state index is 12.6. The Labute approximate surface area is 172 Å². The highest BCUT2D eigenvalue weighted by molar-refractivity contribution is 7.14. The van der Waals surface area contributed by atoms with Crippen molar-refractivity contribution >= 4 is 34.0 Å². The third kappa shape index (κ3) is 5.05. The summed E-state index contributed by atoms with van der Waals surface area (Å²) in [5.41, 5.74) is 1.30. The molecule has 0 N–H and O–H groups in total. The topological polar surface area (TPSA) is 103 Å². The quantitative estimate of drug-likeness (QED) is 0.280. The molecule has 1 fully saturated rings. The molecule has 8 nitrogen and oxygen atoms in total. The molecule has 0 saturated heterocycles. The first-order valence-corrected chi connectivity index (χ1v) is 10.2. The van der Waals surface area contributed by atoms with Gasteiger partial charge < -0.3 is 4.74 Å². The molecule has 0 unspecified atom stereocenters. The van der Waals surface area contributed by atoms with Crippen LogP contribution in [0.4, 0.5) is 10.8 Å². The number of aromatic nitrogens is 1. The second-order valence-electron chi connectivity index (χ2n) is 6.70. The van der Waals surface area contributed by atoms with Gasteiger partial charge in [-0.2, -0.15) is 0 Å². The van der Waals surface area contributed by atoms with E-state index in [1.165, 1.54) is 28.4 Å². The molecule has 0 aliphatic heterocycles. The van der Waals surface area contributed by atoms with E-state index in [-0.39, 0.29) is 36.6 Å². The number of hydrogen-bond donors (Lipinski definition) is 0. The molecule has 1 aromatic heterocycles. The molecule has 0 atom stereocenters. The standard InChI is InChI=1S/C20H21N3O5S/c1-2-11-22(18(24)12-28-19(25)15-5-3-4-6-15)20-21-17(13-29-20)14-7-9-16(10-8-14)23(26)27/h2,7-10,13,15H,1,3-6,11-12H2. The van der Waals surface area contributed by atoms with E-state index in [9.17, 15) is 19.7 Å². The minimum absolute atomic E-state index is 0.00302. The third-order valence-electron chi connectivity index (χ3n) is 4.74. The van der Waals surface area contributed by atoms with Crippen molar-refractivity contribution < 1.29 is 19.2 Å². The number of benzene rings is 1. The number of carbonyl (C=O) groups is 2. The number of non-ortho nitro benzene ring substituents is 1. The molecule has 1 saturated carbocycles. The molecule has 1 heterocycles. The second-order valence-corrected chi connectivity index (χ2v) is 7.54. The Hall–Kier alpha value is -3.07. The summed E-state index contributed by atoms with van der Waals surface area (Å²) in [5.74, 6) is -0.801. The fourth-order valence-electron chi connectivity index (χ4n) is 3.18. The molecule has 1 aromatic carbocycles. The molecule has 1 aliphatic rings. The summed E-state index contributed by atoms with van der Waals surface area (Å²) in [6.07, 6.45) is 5.23. The molecule has 9 heteroatoms. The number of hydrogen-bond acceptors (Lipinski definition) is 7. The second kappa shape index (κ2) is 9.42. The highest BCUT2D eigenvalue weighted by atomic mass is 32.1. The van der Waals surface area contributed by atoms with Gasteiger partial charge in [-0.05, 0) is 25.0 Å². The van der Waals surface area contributed by atoms with E-state index >= 15 is 0 Å². The molecule has 0 bridgehead atoms. The lowest BCUT2D eigenvalue weighted by atomic mass is 10.1. The average Bonchev–Trinajstić information content (AvgIpc) is 3.42. The van der Waals surface area contributed by atoms with Crippen molar-refractivity contribution in [1.29, 1.82) is 0 Å². The van der Waals surface area contributed by atoms with Gasteiger partial charge in [-0.3, -0.25) is 24.6 Å². The first-order chi connectivity index (χ1) is 14.0. The molecule has 1 aliphatic carbocycles. The van der Waals surface area contributed by atoms with E-state index in [2.05, 4.69) is 11.6 Å². The lowest BCUT2D eigenvalue weighted by Crippen LogP contribution is -2.35. The molecule has 29 heavy (non-hydrogen) atoms. The van der Waals surface area contributed by atoms with Gasteiger partial charge in [-0.15, -0.1) is 17.9 Å². The van der Waals surface area contributed by atoms with Crippen LogP contribution in [-0.4, -0.2) is 34.9 Å². The Morgan fingerprint density at radius 1 is 1.31 bits per heavy atom. The van der Waals surface area contributed by atoms with Gasteiger partial charge in [0.05, 0.1) is 16.5 Å². The van der Waals surface area contributed by atoms with Gasteiger partial charge in [0.1, 0.15) is 0 Å². The van der Waals surface area contributed by atoms with Crippen molar-refractivity contribution in [1.82, 2.24) is 4.98 Å². The largest absolute Gasteiger partial charge is 0.455 e. The van der Waals surface area contributed by atoms with Gasteiger partial charge in [0.25, 0.3) is 11.6 Å². The monoisotopic (exact) mass is 415 g/mol. The minimum atomic E-state index is -0.465. The third-order valence-corrected chi connectivity index (χ3v) is 5.60. The first kappa shape index (κ1) is 20.7. The molecule has 1 amide bonds. The van der Waals surface area contributed by atoms with Crippen LogP contribution in [0.2, 0.25) is 0 Å². The van der Waals surface area contributed by atoms with Crippen LogP contribution in [-0.2, 0) is 14.3 Å². The van der Waals surface area contributed by atoms with E-state index in [1.807, 2.05) is 0 Å². The number of amides is 1. The summed E-state index contributed by atoms with van der Waals surface area (Å²) in [4.78, 5) is 40.9. The normalized spacial score (nSPS) is 13.8. The fraction of sp³-hybridized carbons (Fsp3) is 0.350. The average molecular weight is 415 g/mol. The van der Waals surface area contributed by atoms with Crippen LogP contribution < -0.4 is 4.90 Å². The summed E-state index contributed by atoms with van der Waals surface area (Å²) in [6, 6.07) is 6.03. The molecule has 0 spiro atoms. The van der Waals surface area contributed by atoms with Crippen molar-refractivity contribution in [2.24, 2.45) is 5.92 Å². The molecular formula is C20H21N3O5S. The van der Waals surface area contributed by atoms with Crippen LogP contribution in [0, 0.1) is 16.0 Å². The van der Waals surface area contributed by atoms with Gasteiger partial charge in [0.15, 0.2) is 11.7 Å². The van der Waals surface area contributed by atoms with E-state index < -0.39 is 4.92 Å². The lowest BCUT2D eigenvalue weighted by Gasteiger charge is -2.18. The predicted molar refractivity (Wildman–Crippen MR) is 110 cm³/mol. The highest BCUT2D eigenvalue weighted by Gasteiger charge is 2.26. The zero-order chi connectivity index (χ0) is 20.8. The SMILES string of the molecule is C=CCN(C(=O)COC(=O)C1CCCC1)c1nc(-c2ccc([N+](=O)[O-])cc2)cs1. The number of thiazole rings is 1. The van der Waals surface area contributed by atoms with Gasteiger partial charge in [0.2, 0.25) is 0 Å². The summed E-state index contributed by atoms with van der Waals surface area (Å²) >= 11 is 1.26. The maximum atomic E-state index is 12.6. The van der Waals surface area contributed by atoms with Crippen molar-refractivity contribution in [3.05, 3.63) is 52.4 Å². The van der Waals surface area contributed by atoms with E-state index in [0.717, 1.165) is 25.7 Å². The summed E-state index contributed by atoms with van der Waals surface area (Å²) in [6.45, 7) is 3.56. The van der Waals surface area contributed by atoms with Crippen LogP contribution in [0.1, 0.15) is 25.7 Å². The van der Waals surface area contributed by atoms with Crippen LogP contribution in [0.25, 0.3) is 11.3 Å². The fourth-order valence-corrected chi connectivity index (χ4v) is 4.04. The number of carbonyl (C=O) groups excluding carboxylic acids is 2. The Morgan fingerprint density at radius 3 is 2.62 bits per heavy atom. The Balaban J connectivity index is 1.68. The van der Waals surface area contributed by atoms with Crippen LogP contribution in [0.3, 0.4) is 0 Å². The molecule has 3 rings (SSSR count). The molecule has 0 radical (unpaired) electrons. The number of rotatable bonds is 8. The molecule has 152 valence electrons. The Morgan fingerprint density at radius 2 is 2.00 bits per heavy atom. The number of esters is 1. The molecule has 2 aromatic rings. The Bertz CT molecular complexity index is 903. The highest BCUT2D eigenvalue weighted by Crippen LogP contribution is 2.29. The van der Waals surface area contributed by atoms with Gasteiger partial charge in [-0.1, -0.05) is 18.9 Å². The number of nitrogens with zero attached hydrogens (tertiary/aromatic N) is 3. The molecular weight excluding hydrogens is 394 g/mol. The lowest BCUT2D eigenvalue weighted by molar-refractivity contribution is -0.384. The van der Waals surface area contributed by atoms with Crippen LogP contribution in [0.15, 0.2) is 42.3 Å². The smallest absolute Gasteiger partial charge is 0.309 e. The zero-order valence-electron chi connectivity index (χ0n) is 15.8. The maximum Gasteiger partial charge on any atom is 0.309 e. The summed E-state index contributed by atoms with van der Waals surface area (Å²) in [5, 5.41) is 13.0. The van der Waals surface area contributed by atoms with E-state index in [4.69, 9.17) is 4.74 Å². The van der Waals surface area contributed by atoms with Crippen molar-refractivity contribution in [3.8, 4) is 11.3 Å². The number of nitro groups is 1. The van der Waals surface area contributed by atoms with Crippen molar-refractivity contribution in [2.75, 3.05) is 18.1 Å². The van der Waals surface area contributed by atoms with E-state index in [0.29, 0.717) is 16.4 Å². The minimum Gasteiger partial charge on any atom is -0.455 e. The van der Waals surface area contributed by atoms with E-state index in [1.54, 1.807) is 23.6 Å². The zero-order valence-corrected chi connectivity index (χ0v) is 16.6. The number of ether oxygens (including phenoxy) is 1. The van der Waals surface area contributed by atoms with Crippen LogP contribution in [0.5, 0.6) is 0 Å². The predicted octanol–water partition coefficient (Wildman–Crippen LogP) is 3.97. The van der Waals surface area contributed by atoms with Crippen molar-refractivity contribution in [3.63, 3.8) is 0 Å². The van der Waals surface area contributed by atoms with Gasteiger partial charge >= 0.3 is 5.97 Å². The number of anilines is 1. The van der Waals surface area contributed by atoms with Crippen molar-refractivity contribution in [2.45, 2.75) is 25.7 Å². The van der Waals surface area contributed by atoms with Gasteiger partial charge in [0, 0.05) is 29.6 Å². The Kier molecular flexibility index (Phi) is 6.71. The summed E-state index contributed by atoms with van der Waals surface area (Å²) in [7, 11) is 0. The van der Waals surface area contributed by atoms with Gasteiger partial charge in [-0.25, -0.2) is 4.98 Å². The first-order valence-electron chi connectivity index (χ1n) is 9.28. The summed E-state index contributed by atoms with van der Waals surface area (Å²) < 4.78 is 5.21.